The van der Waals surface area contributed by atoms with E-state index >= 15 is 0 Å². The summed E-state index contributed by atoms with van der Waals surface area (Å²) in [4.78, 5) is 9.29. The van der Waals surface area contributed by atoms with Crippen LogP contribution in [0.2, 0.25) is 0 Å². The van der Waals surface area contributed by atoms with E-state index in [0.717, 1.165) is 47.9 Å². The molecule has 3 aromatic rings. The van der Waals surface area contributed by atoms with Crippen LogP contribution in [0.15, 0.2) is 48.9 Å². The summed E-state index contributed by atoms with van der Waals surface area (Å²) >= 11 is 0. The molecule has 1 fully saturated rings. The molecule has 0 aliphatic carbocycles. The zero-order valence-corrected chi connectivity index (χ0v) is 15.0. The largest absolute Gasteiger partial charge is 0.403 e. The highest BCUT2D eigenvalue weighted by Gasteiger charge is 2.14. The molecule has 27 heavy (non-hydrogen) atoms. The maximum Gasteiger partial charge on any atom is 0.137 e. The molecular formula is C19H24N8. The minimum atomic E-state index is 0.413. The number of aromatic nitrogens is 3. The quantitative estimate of drug-likeness (QED) is 0.342. The molecule has 1 aliphatic heterocycles. The standard InChI is InChI=1S/C19H24N8/c20-10-16(26-21)13-6-8-27-17(12-23-19(27)9-13)15-4-1-5-18(25-15)24-14-3-2-7-22-11-14/h1,4-6,8-10,12,14,22,26H,2-3,7,11,20-21H2,(H,24,25)/b16-10-. The molecule has 140 valence electrons. The summed E-state index contributed by atoms with van der Waals surface area (Å²) < 4.78 is 2.00. The van der Waals surface area contributed by atoms with Gasteiger partial charge in [-0.25, -0.2) is 9.97 Å². The number of rotatable bonds is 5. The lowest BCUT2D eigenvalue weighted by atomic mass is 10.1. The van der Waals surface area contributed by atoms with Gasteiger partial charge in [0.15, 0.2) is 0 Å². The van der Waals surface area contributed by atoms with E-state index in [1.807, 2.05) is 47.1 Å². The molecule has 4 rings (SSSR count). The predicted octanol–water partition coefficient (Wildman–Crippen LogP) is 1.28. The van der Waals surface area contributed by atoms with Gasteiger partial charge in [-0.15, -0.1) is 0 Å². The van der Waals surface area contributed by atoms with E-state index in [9.17, 15) is 0 Å². The Hall–Kier alpha value is -3.10. The van der Waals surface area contributed by atoms with Crippen molar-refractivity contribution in [3.8, 4) is 11.4 Å². The fourth-order valence-corrected chi connectivity index (χ4v) is 3.41. The lowest BCUT2D eigenvalue weighted by Gasteiger charge is -2.24. The number of imidazole rings is 1. The summed E-state index contributed by atoms with van der Waals surface area (Å²) in [5.74, 6) is 6.38. The minimum Gasteiger partial charge on any atom is -0.403 e. The van der Waals surface area contributed by atoms with Gasteiger partial charge >= 0.3 is 0 Å². The van der Waals surface area contributed by atoms with Crippen LogP contribution in [0, 0.1) is 0 Å². The monoisotopic (exact) mass is 364 g/mol. The number of hydrogen-bond acceptors (Lipinski definition) is 7. The fourth-order valence-electron chi connectivity index (χ4n) is 3.41. The summed E-state index contributed by atoms with van der Waals surface area (Å²) in [7, 11) is 0. The van der Waals surface area contributed by atoms with Crippen LogP contribution in [0.25, 0.3) is 22.7 Å². The first-order valence-electron chi connectivity index (χ1n) is 9.09. The molecule has 1 atom stereocenters. The Morgan fingerprint density at radius 3 is 3.04 bits per heavy atom. The van der Waals surface area contributed by atoms with Crippen LogP contribution in [-0.4, -0.2) is 33.5 Å². The second-order valence-electron chi connectivity index (χ2n) is 6.61. The fraction of sp³-hybridized carbons (Fsp3) is 0.263. The lowest BCUT2D eigenvalue weighted by Crippen LogP contribution is -2.38. The third-order valence-corrected chi connectivity index (χ3v) is 4.81. The molecule has 8 nitrogen and oxygen atoms in total. The molecule has 0 radical (unpaired) electrons. The number of anilines is 1. The summed E-state index contributed by atoms with van der Waals surface area (Å²) in [6.07, 6.45) is 7.55. The topological polar surface area (TPSA) is 118 Å². The Bertz CT molecular complexity index is 955. The highest BCUT2D eigenvalue weighted by atomic mass is 15.2. The van der Waals surface area contributed by atoms with Gasteiger partial charge in [-0.05, 0) is 43.7 Å². The number of pyridine rings is 2. The molecule has 1 unspecified atom stereocenters. The number of hydrogen-bond donors (Lipinski definition) is 5. The lowest BCUT2D eigenvalue weighted by molar-refractivity contribution is 0.479. The third-order valence-electron chi connectivity index (χ3n) is 4.81. The van der Waals surface area contributed by atoms with E-state index in [4.69, 9.17) is 16.6 Å². The molecule has 0 amide bonds. The predicted molar refractivity (Wildman–Crippen MR) is 107 cm³/mol. The van der Waals surface area contributed by atoms with Crippen molar-refractivity contribution in [3.63, 3.8) is 0 Å². The van der Waals surface area contributed by atoms with Gasteiger partial charge in [0.1, 0.15) is 11.5 Å². The summed E-state index contributed by atoms with van der Waals surface area (Å²) in [5, 5.41) is 6.94. The van der Waals surface area contributed by atoms with Gasteiger partial charge < -0.3 is 21.8 Å². The van der Waals surface area contributed by atoms with E-state index in [1.54, 1.807) is 0 Å². The molecule has 0 spiro atoms. The van der Waals surface area contributed by atoms with Crippen molar-refractivity contribution in [3.05, 3.63) is 54.5 Å². The van der Waals surface area contributed by atoms with Crippen molar-refractivity contribution in [1.82, 2.24) is 25.1 Å². The first-order valence-corrected chi connectivity index (χ1v) is 9.09. The summed E-state index contributed by atoms with van der Waals surface area (Å²) in [5.41, 5.74) is 12.3. The summed E-state index contributed by atoms with van der Waals surface area (Å²) in [6, 6.07) is 10.3. The highest BCUT2D eigenvalue weighted by molar-refractivity contribution is 5.69. The van der Waals surface area contributed by atoms with Gasteiger partial charge in [0.25, 0.3) is 0 Å². The molecule has 0 bridgehead atoms. The van der Waals surface area contributed by atoms with Crippen LogP contribution in [0.1, 0.15) is 18.4 Å². The number of nitrogens with two attached hydrogens (primary N) is 2. The van der Waals surface area contributed by atoms with E-state index in [0.29, 0.717) is 11.7 Å². The molecule has 0 saturated carbocycles. The zero-order valence-electron chi connectivity index (χ0n) is 15.0. The molecular weight excluding hydrogens is 340 g/mol. The van der Waals surface area contributed by atoms with Crippen LogP contribution in [0.3, 0.4) is 0 Å². The van der Waals surface area contributed by atoms with Gasteiger partial charge in [-0.3, -0.25) is 10.2 Å². The minimum absolute atomic E-state index is 0.413. The van der Waals surface area contributed by atoms with Crippen molar-refractivity contribution < 1.29 is 0 Å². The maximum absolute atomic E-state index is 5.60. The number of piperidine rings is 1. The SMILES string of the molecule is N/C=C(\NN)c1ccn2c(-c3cccc(NC4CCCNC4)n3)cnc2c1. The average molecular weight is 364 g/mol. The van der Waals surface area contributed by atoms with Crippen molar-refractivity contribution in [2.24, 2.45) is 11.6 Å². The molecule has 7 N–H and O–H groups in total. The van der Waals surface area contributed by atoms with Crippen molar-refractivity contribution in [1.29, 1.82) is 0 Å². The van der Waals surface area contributed by atoms with Gasteiger partial charge in [0.05, 0.1) is 23.3 Å². The Morgan fingerprint density at radius 2 is 2.26 bits per heavy atom. The van der Waals surface area contributed by atoms with Crippen LogP contribution in [0.4, 0.5) is 5.82 Å². The van der Waals surface area contributed by atoms with Crippen molar-refractivity contribution in [2.45, 2.75) is 18.9 Å². The van der Waals surface area contributed by atoms with Gasteiger partial charge in [0, 0.05) is 30.5 Å². The Kier molecular flexibility index (Phi) is 4.91. The number of nitrogens with zero attached hydrogens (tertiary/aromatic N) is 3. The number of fused-ring (bicyclic) bond motifs is 1. The molecule has 4 heterocycles. The second-order valence-corrected chi connectivity index (χ2v) is 6.61. The molecule has 0 aromatic carbocycles. The summed E-state index contributed by atoms with van der Waals surface area (Å²) in [6.45, 7) is 2.06. The van der Waals surface area contributed by atoms with Crippen LogP contribution in [0.5, 0.6) is 0 Å². The average Bonchev–Trinajstić information content (AvgIpc) is 3.13. The molecule has 3 aromatic heterocycles. The van der Waals surface area contributed by atoms with E-state index in [2.05, 4.69) is 21.0 Å². The maximum atomic E-state index is 5.60. The van der Waals surface area contributed by atoms with Crippen LogP contribution in [-0.2, 0) is 0 Å². The van der Waals surface area contributed by atoms with Crippen LogP contribution < -0.4 is 27.6 Å². The normalized spacial score (nSPS) is 17.8. The number of hydrazine groups is 1. The molecule has 8 heteroatoms. The van der Waals surface area contributed by atoms with E-state index in [-0.39, 0.29) is 0 Å². The van der Waals surface area contributed by atoms with Crippen LogP contribution >= 0.6 is 0 Å². The smallest absolute Gasteiger partial charge is 0.137 e. The van der Waals surface area contributed by atoms with Gasteiger partial charge in [-0.1, -0.05) is 6.07 Å². The zero-order chi connectivity index (χ0) is 18.6. The van der Waals surface area contributed by atoms with Crippen molar-refractivity contribution >= 4 is 17.2 Å². The Balaban J connectivity index is 1.63. The number of nitrogens with one attached hydrogen (secondary N) is 3. The highest BCUT2D eigenvalue weighted by Crippen LogP contribution is 2.23. The second kappa shape index (κ2) is 7.65. The Morgan fingerprint density at radius 1 is 1.33 bits per heavy atom. The molecule has 1 aliphatic rings. The van der Waals surface area contributed by atoms with E-state index in [1.165, 1.54) is 12.6 Å². The van der Waals surface area contributed by atoms with Crippen molar-refractivity contribution in [2.75, 3.05) is 18.4 Å². The van der Waals surface area contributed by atoms with Gasteiger partial charge in [0.2, 0.25) is 0 Å². The molecule has 1 saturated heterocycles. The first kappa shape index (κ1) is 17.3. The van der Waals surface area contributed by atoms with E-state index < -0.39 is 0 Å². The Labute approximate surface area is 157 Å². The third kappa shape index (κ3) is 3.57. The first-order chi connectivity index (χ1) is 13.3. The van der Waals surface area contributed by atoms with Gasteiger partial charge in [-0.2, -0.15) is 0 Å².